The van der Waals surface area contributed by atoms with Crippen LogP contribution in [0.1, 0.15) is 37.4 Å². The summed E-state index contributed by atoms with van der Waals surface area (Å²) in [6, 6.07) is 7.19. The number of nitrogens with one attached hydrogen (secondary N) is 1. The van der Waals surface area contributed by atoms with Crippen molar-refractivity contribution >= 4 is 5.91 Å². The number of benzene rings is 1. The summed E-state index contributed by atoms with van der Waals surface area (Å²) < 4.78 is 0. The number of carbonyl (C=O) groups is 1. The van der Waals surface area contributed by atoms with Gasteiger partial charge in [-0.05, 0) is 38.5 Å². The lowest BCUT2D eigenvalue weighted by atomic mass is 10.1. The second-order valence-corrected chi connectivity index (χ2v) is 5.06. The van der Waals surface area contributed by atoms with E-state index in [0.29, 0.717) is 6.54 Å². The maximum Gasteiger partial charge on any atom is 0.241 e. The molecule has 0 bridgehead atoms. The number of hydrogen-bond donors (Lipinski definition) is 2. The zero-order valence-corrected chi connectivity index (χ0v) is 12.9. The van der Waals surface area contributed by atoms with Crippen LogP contribution in [0.2, 0.25) is 0 Å². The zero-order chi connectivity index (χ0) is 15.0. The average molecular weight is 277 g/mol. The molecule has 1 aromatic carbocycles. The highest BCUT2D eigenvalue weighted by atomic mass is 16.2. The van der Waals surface area contributed by atoms with Gasteiger partial charge in [-0.15, -0.1) is 0 Å². The molecule has 0 aliphatic carbocycles. The lowest BCUT2D eigenvalue weighted by molar-refractivity contribution is -0.122. The van der Waals surface area contributed by atoms with Crippen LogP contribution in [0.4, 0.5) is 0 Å². The summed E-state index contributed by atoms with van der Waals surface area (Å²) in [5, 5.41) is 2.91. The van der Waals surface area contributed by atoms with E-state index in [9.17, 15) is 4.79 Å². The van der Waals surface area contributed by atoms with Gasteiger partial charge in [0, 0.05) is 6.54 Å². The second kappa shape index (κ2) is 8.72. The first-order valence-electron chi connectivity index (χ1n) is 7.40. The SMILES string of the molecule is CCN(CC)CCCNC(=O)C(N)c1ccc(C)cc1. The van der Waals surface area contributed by atoms with E-state index in [1.165, 1.54) is 5.56 Å². The predicted octanol–water partition coefficient (Wildman–Crippen LogP) is 1.84. The van der Waals surface area contributed by atoms with Crippen LogP contribution in [-0.4, -0.2) is 37.0 Å². The average Bonchev–Trinajstić information content (AvgIpc) is 2.47. The standard InChI is InChI=1S/C16H27N3O/c1-4-19(5-2)12-6-11-18-16(20)15(17)14-9-7-13(3)8-10-14/h7-10,15H,4-6,11-12,17H2,1-3H3,(H,18,20). The molecule has 0 aromatic heterocycles. The smallest absolute Gasteiger partial charge is 0.241 e. The number of nitrogens with two attached hydrogens (primary N) is 1. The van der Waals surface area contributed by atoms with Crippen LogP contribution in [-0.2, 0) is 4.79 Å². The van der Waals surface area contributed by atoms with Crippen LogP contribution in [0.15, 0.2) is 24.3 Å². The number of carbonyl (C=O) groups excluding carboxylic acids is 1. The molecule has 3 N–H and O–H groups in total. The first-order chi connectivity index (χ1) is 9.58. The van der Waals surface area contributed by atoms with E-state index in [1.807, 2.05) is 31.2 Å². The molecule has 0 aliphatic heterocycles. The molecule has 0 saturated heterocycles. The topological polar surface area (TPSA) is 58.4 Å². The monoisotopic (exact) mass is 277 g/mol. The molecule has 0 heterocycles. The van der Waals surface area contributed by atoms with E-state index in [4.69, 9.17) is 5.73 Å². The fraction of sp³-hybridized carbons (Fsp3) is 0.562. The van der Waals surface area contributed by atoms with Crippen LogP contribution < -0.4 is 11.1 Å². The van der Waals surface area contributed by atoms with Crippen LogP contribution in [0.25, 0.3) is 0 Å². The molecular formula is C16H27N3O. The van der Waals surface area contributed by atoms with Gasteiger partial charge in [0.15, 0.2) is 0 Å². The largest absolute Gasteiger partial charge is 0.354 e. The third kappa shape index (κ3) is 5.31. The van der Waals surface area contributed by atoms with Crippen molar-refractivity contribution < 1.29 is 4.79 Å². The fourth-order valence-electron chi connectivity index (χ4n) is 2.09. The number of hydrogen-bond acceptors (Lipinski definition) is 3. The van der Waals surface area contributed by atoms with Crippen molar-refractivity contribution in [1.29, 1.82) is 0 Å². The minimum atomic E-state index is -0.580. The lowest BCUT2D eigenvalue weighted by Crippen LogP contribution is -2.36. The molecule has 1 amide bonds. The molecule has 0 aliphatic rings. The third-order valence-corrected chi connectivity index (χ3v) is 3.56. The molecule has 20 heavy (non-hydrogen) atoms. The van der Waals surface area contributed by atoms with Gasteiger partial charge in [0.05, 0.1) is 0 Å². The Bertz CT molecular complexity index is 399. The normalized spacial score (nSPS) is 12.4. The Morgan fingerprint density at radius 2 is 1.85 bits per heavy atom. The minimum Gasteiger partial charge on any atom is -0.354 e. The summed E-state index contributed by atoms with van der Waals surface area (Å²) in [4.78, 5) is 14.3. The molecule has 112 valence electrons. The molecule has 1 rings (SSSR count). The predicted molar refractivity (Wildman–Crippen MR) is 83.5 cm³/mol. The summed E-state index contributed by atoms with van der Waals surface area (Å²) in [5.41, 5.74) is 7.99. The molecule has 0 fully saturated rings. The van der Waals surface area contributed by atoms with Crippen molar-refractivity contribution in [2.75, 3.05) is 26.2 Å². The Morgan fingerprint density at radius 3 is 2.40 bits per heavy atom. The molecule has 0 saturated carbocycles. The summed E-state index contributed by atoms with van der Waals surface area (Å²) >= 11 is 0. The summed E-state index contributed by atoms with van der Waals surface area (Å²) in [6.45, 7) is 10.1. The van der Waals surface area contributed by atoms with Gasteiger partial charge in [-0.25, -0.2) is 0 Å². The molecule has 1 atom stereocenters. The number of rotatable bonds is 8. The van der Waals surface area contributed by atoms with Gasteiger partial charge in [-0.3, -0.25) is 4.79 Å². The van der Waals surface area contributed by atoms with Gasteiger partial charge >= 0.3 is 0 Å². The molecule has 0 spiro atoms. The van der Waals surface area contributed by atoms with Crippen LogP contribution in [0.3, 0.4) is 0 Å². The van der Waals surface area contributed by atoms with Crippen molar-refractivity contribution in [3.8, 4) is 0 Å². The summed E-state index contributed by atoms with van der Waals surface area (Å²) in [7, 11) is 0. The highest BCUT2D eigenvalue weighted by Gasteiger charge is 2.14. The summed E-state index contributed by atoms with van der Waals surface area (Å²) in [5.74, 6) is -0.103. The summed E-state index contributed by atoms with van der Waals surface area (Å²) in [6.07, 6.45) is 0.952. The number of aryl methyl sites for hydroxylation is 1. The van der Waals surface area contributed by atoms with E-state index in [1.54, 1.807) is 0 Å². The van der Waals surface area contributed by atoms with Crippen LogP contribution in [0, 0.1) is 6.92 Å². The van der Waals surface area contributed by atoms with E-state index in [2.05, 4.69) is 24.1 Å². The van der Waals surface area contributed by atoms with E-state index >= 15 is 0 Å². The lowest BCUT2D eigenvalue weighted by Gasteiger charge is -2.18. The highest BCUT2D eigenvalue weighted by molar-refractivity contribution is 5.82. The van der Waals surface area contributed by atoms with Gasteiger partial charge in [0.25, 0.3) is 0 Å². The Morgan fingerprint density at radius 1 is 1.25 bits per heavy atom. The Labute approximate surface area is 122 Å². The fourth-order valence-corrected chi connectivity index (χ4v) is 2.09. The maximum absolute atomic E-state index is 12.0. The molecule has 4 nitrogen and oxygen atoms in total. The van der Waals surface area contributed by atoms with Crippen LogP contribution >= 0.6 is 0 Å². The Balaban J connectivity index is 2.33. The van der Waals surface area contributed by atoms with Gasteiger partial charge < -0.3 is 16.0 Å². The molecule has 1 unspecified atom stereocenters. The van der Waals surface area contributed by atoms with Crippen molar-refractivity contribution in [2.45, 2.75) is 33.2 Å². The molecular weight excluding hydrogens is 250 g/mol. The number of nitrogens with zero attached hydrogens (tertiary/aromatic N) is 1. The maximum atomic E-state index is 12.0. The highest BCUT2D eigenvalue weighted by Crippen LogP contribution is 2.11. The number of amides is 1. The minimum absolute atomic E-state index is 0.103. The van der Waals surface area contributed by atoms with Gasteiger partial charge in [0.2, 0.25) is 5.91 Å². The van der Waals surface area contributed by atoms with E-state index in [0.717, 1.165) is 31.6 Å². The van der Waals surface area contributed by atoms with Crippen LogP contribution in [0.5, 0.6) is 0 Å². The quantitative estimate of drug-likeness (QED) is 0.713. The first kappa shape index (κ1) is 16.7. The first-order valence-corrected chi connectivity index (χ1v) is 7.40. The third-order valence-electron chi connectivity index (χ3n) is 3.56. The van der Waals surface area contributed by atoms with Crippen molar-refractivity contribution in [1.82, 2.24) is 10.2 Å². The van der Waals surface area contributed by atoms with Crippen molar-refractivity contribution in [3.63, 3.8) is 0 Å². The van der Waals surface area contributed by atoms with Gasteiger partial charge in [0.1, 0.15) is 6.04 Å². The molecule has 4 heteroatoms. The Hall–Kier alpha value is -1.39. The van der Waals surface area contributed by atoms with E-state index in [-0.39, 0.29) is 5.91 Å². The zero-order valence-electron chi connectivity index (χ0n) is 12.9. The van der Waals surface area contributed by atoms with Gasteiger partial charge in [-0.1, -0.05) is 43.7 Å². The molecule has 0 radical (unpaired) electrons. The van der Waals surface area contributed by atoms with Crippen molar-refractivity contribution in [3.05, 3.63) is 35.4 Å². The second-order valence-electron chi connectivity index (χ2n) is 5.06. The van der Waals surface area contributed by atoms with E-state index < -0.39 is 6.04 Å². The van der Waals surface area contributed by atoms with Crippen molar-refractivity contribution in [2.24, 2.45) is 5.73 Å². The molecule has 1 aromatic rings. The van der Waals surface area contributed by atoms with Gasteiger partial charge in [-0.2, -0.15) is 0 Å². The Kier molecular flexibility index (Phi) is 7.26.